The van der Waals surface area contributed by atoms with Crippen LogP contribution in [-0.4, -0.2) is 38.9 Å². The Bertz CT molecular complexity index is 1430. The van der Waals surface area contributed by atoms with E-state index in [2.05, 4.69) is 15.1 Å². The highest BCUT2D eigenvalue weighted by Crippen LogP contribution is 2.45. The fourth-order valence-corrected chi connectivity index (χ4v) is 7.13. The average Bonchev–Trinajstić information content (AvgIpc) is 3.44. The second-order valence-electron chi connectivity index (χ2n) is 7.71. The number of anilines is 1. The van der Waals surface area contributed by atoms with Crippen molar-refractivity contribution in [3.63, 3.8) is 0 Å². The van der Waals surface area contributed by atoms with Gasteiger partial charge in [0.25, 0.3) is 0 Å². The van der Waals surface area contributed by atoms with Crippen LogP contribution in [0.1, 0.15) is 19.3 Å². The van der Waals surface area contributed by atoms with Crippen LogP contribution in [0.15, 0.2) is 47.3 Å². The van der Waals surface area contributed by atoms with E-state index in [4.69, 9.17) is 10.7 Å². The molecule has 10 heteroatoms. The Balaban J connectivity index is 1.59. The Morgan fingerprint density at radius 3 is 2.87 bits per heavy atom. The number of nitrogens with zero attached hydrogens (tertiary/aromatic N) is 6. The monoisotopic (exact) mass is 449 g/mol. The molecule has 1 fully saturated rings. The molecule has 1 saturated carbocycles. The molecule has 5 aromatic heterocycles. The van der Waals surface area contributed by atoms with E-state index in [1.54, 1.807) is 18.6 Å². The summed E-state index contributed by atoms with van der Waals surface area (Å²) in [5, 5.41) is 5.37. The van der Waals surface area contributed by atoms with Gasteiger partial charge in [0.05, 0.1) is 11.4 Å². The van der Waals surface area contributed by atoms with Crippen molar-refractivity contribution in [3.8, 4) is 22.5 Å². The third kappa shape index (κ3) is 2.93. The van der Waals surface area contributed by atoms with Crippen molar-refractivity contribution < 1.29 is 4.55 Å². The summed E-state index contributed by atoms with van der Waals surface area (Å²) in [5.74, 6) is 0.634. The smallest absolute Gasteiger partial charge is 0.233 e. The first-order valence-corrected chi connectivity index (χ1v) is 12.0. The maximum atomic E-state index is 13.1. The van der Waals surface area contributed by atoms with Crippen LogP contribution in [0.5, 0.6) is 0 Å². The number of hydrogen-bond acceptors (Lipinski definition) is 7. The summed E-state index contributed by atoms with van der Waals surface area (Å²) in [5.41, 5.74) is 10.6. The van der Waals surface area contributed by atoms with Gasteiger partial charge in [-0.05, 0) is 31.4 Å². The summed E-state index contributed by atoms with van der Waals surface area (Å²) < 4.78 is 17.5. The standard InChI is InChI=1S/C21H19N7OS2/c1-27-16(5-6-25-27)14-9-15(12-10-24-21-23-7-8-28(21)11-12)26-19-17(14)18(22)20(30-19)31(29)13-3-2-4-13/h5-11,13H,2-4,22H2,1H3/t31-/m0/s1. The van der Waals surface area contributed by atoms with Gasteiger partial charge in [-0.2, -0.15) is 5.10 Å². The van der Waals surface area contributed by atoms with Gasteiger partial charge in [-0.1, -0.05) is 11.3 Å². The number of aryl methyl sites for hydroxylation is 1. The van der Waals surface area contributed by atoms with Gasteiger partial charge in [0.2, 0.25) is 9.99 Å². The van der Waals surface area contributed by atoms with Gasteiger partial charge >= 0.3 is 0 Å². The topological polar surface area (TPSA) is 110 Å². The lowest BCUT2D eigenvalue weighted by molar-refractivity contribution is 0.478. The maximum Gasteiger partial charge on any atom is 0.233 e. The van der Waals surface area contributed by atoms with E-state index in [0.717, 1.165) is 56.2 Å². The molecule has 5 heterocycles. The zero-order valence-electron chi connectivity index (χ0n) is 16.7. The Kier molecular flexibility index (Phi) is 4.27. The molecular weight excluding hydrogens is 430 g/mol. The minimum absolute atomic E-state index is 0.197. The lowest BCUT2D eigenvalue weighted by Crippen LogP contribution is -2.28. The number of fused-ring (bicyclic) bond motifs is 2. The van der Waals surface area contributed by atoms with Gasteiger partial charge in [0.1, 0.15) is 15.8 Å². The number of imidazole rings is 1. The highest BCUT2D eigenvalue weighted by atomic mass is 32.2. The number of thiophene rings is 1. The van der Waals surface area contributed by atoms with Gasteiger partial charge in [-0.25, -0.2) is 15.0 Å². The molecule has 0 saturated heterocycles. The highest BCUT2D eigenvalue weighted by molar-refractivity contribution is 7.94. The molecule has 0 spiro atoms. The van der Waals surface area contributed by atoms with Crippen molar-refractivity contribution in [2.24, 2.45) is 7.05 Å². The lowest BCUT2D eigenvalue weighted by atomic mass is 10.0. The molecule has 1 aliphatic carbocycles. The van der Waals surface area contributed by atoms with Crippen LogP contribution in [0.3, 0.4) is 0 Å². The van der Waals surface area contributed by atoms with E-state index < -0.39 is 11.2 Å². The van der Waals surface area contributed by atoms with E-state index in [-0.39, 0.29) is 5.25 Å². The average molecular weight is 450 g/mol. The van der Waals surface area contributed by atoms with Crippen molar-refractivity contribution in [1.29, 1.82) is 0 Å². The van der Waals surface area contributed by atoms with E-state index >= 15 is 0 Å². The zero-order valence-corrected chi connectivity index (χ0v) is 18.4. The van der Waals surface area contributed by atoms with Crippen LogP contribution in [0, 0.1) is 0 Å². The molecule has 31 heavy (non-hydrogen) atoms. The molecular formula is C21H19N7OS2. The molecule has 156 valence electrons. The summed E-state index contributed by atoms with van der Waals surface area (Å²) >= 11 is 0.332. The van der Waals surface area contributed by atoms with Gasteiger partial charge in [0, 0.05) is 65.7 Å². The van der Waals surface area contributed by atoms with Gasteiger partial charge < -0.3 is 10.3 Å². The quantitative estimate of drug-likeness (QED) is 0.419. The molecule has 8 nitrogen and oxygen atoms in total. The number of hydrogen-bond donors (Lipinski definition) is 1. The summed E-state index contributed by atoms with van der Waals surface area (Å²) in [4.78, 5) is 14.3. The summed E-state index contributed by atoms with van der Waals surface area (Å²) in [7, 11) is 1.90. The van der Waals surface area contributed by atoms with Crippen molar-refractivity contribution in [3.05, 3.63) is 43.1 Å². The van der Waals surface area contributed by atoms with E-state index in [9.17, 15) is 4.55 Å². The molecule has 0 unspecified atom stereocenters. The van der Waals surface area contributed by atoms with E-state index in [1.807, 2.05) is 40.7 Å². The van der Waals surface area contributed by atoms with Crippen molar-refractivity contribution in [1.82, 2.24) is 29.1 Å². The Morgan fingerprint density at radius 1 is 1.26 bits per heavy atom. The molecule has 6 rings (SSSR count). The highest BCUT2D eigenvalue weighted by Gasteiger charge is 2.35. The number of rotatable bonds is 4. The fourth-order valence-electron chi connectivity index (χ4n) is 3.92. The van der Waals surface area contributed by atoms with E-state index in [0.29, 0.717) is 11.5 Å². The van der Waals surface area contributed by atoms with Crippen molar-refractivity contribution in [2.75, 3.05) is 5.73 Å². The predicted molar refractivity (Wildman–Crippen MR) is 122 cm³/mol. The van der Waals surface area contributed by atoms with E-state index in [1.165, 1.54) is 11.3 Å². The molecule has 1 aliphatic rings. The van der Waals surface area contributed by atoms with Crippen molar-refractivity contribution in [2.45, 2.75) is 28.7 Å². The molecule has 5 aromatic rings. The van der Waals surface area contributed by atoms with Gasteiger partial charge in [-0.3, -0.25) is 9.08 Å². The summed E-state index contributed by atoms with van der Waals surface area (Å²) in [6, 6.07) is 3.97. The number of nitrogens with two attached hydrogens (primary N) is 1. The Morgan fingerprint density at radius 2 is 2.13 bits per heavy atom. The number of pyridine rings is 1. The third-order valence-electron chi connectivity index (χ3n) is 5.84. The minimum atomic E-state index is -1.10. The molecule has 0 amide bonds. The zero-order chi connectivity index (χ0) is 21.1. The molecule has 0 radical (unpaired) electrons. The Labute approximate surface area is 185 Å². The first kappa shape index (κ1) is 18.8. The minimum Gasteiger partial charge on any atom is -0.611 e. The largest absolute Gasteiger partial charge is 0.611 e. The summed E-state index contributed by atoms with van der Waals surface area (Å²) in [6.45, 7) is 0. The molecule has 0 bridgehead atoms. The van der Waals surface area contributed by atoms with Crippen LogP contribution in [0.25, 0.3) is 38.5 Å². The van der Waals surface area contributed by atoms with Crippen LogP contribution in [0.2, 0.25) is 0 Å². The van der Waals surface area contributed by atoms with Crippen LogP contribution >= 0.6 is 11.3 Å². The van der Waals surface area contributed by atoms with Crippen LogP contribution in [0.4, 0.5) is 5.69 Å². The molecule has 1 atom stereocenters. The number of aromatic nitrogens is 6. The number of nitrogen functional groups attached to an aromatic ring is 1. The second-order valence-corrected chi connectivity index (χ2v) is 10.6. The SMILES string of the molecule is Cn1nccc1-c1cc(-c2cnc3nccn3c2)nc2sc([S@@+]([O-])C3CCC3)c(N)c12. The molecule has 2 N–H and O–H groups in total. The van der Waals surface area contributed by atoms with Crippen LogP contribution in [-0.2, 0) is 18.2 Å². The summed E-state index contributed by atoms with van der Waals surface area (Å²) in [6.07, 6.45) is 12.2. The fraction of sp³-hybridized carbons (Fsp3) is 0.238. The normalized spacial score (nSPS) is 15.5. The first-order chi connectivity index (χ1) is 15.1. The first-order valence-electron chi connectivity index (χ1n) is 10.0. The maximum absolute atomic E-state index is 13.1. The third-order valence-corrected chi connectivity index (χ3v) is 9.14. The Hall–Kier alpha value is -2.95. The van der Waals surface area contributed by atoms with Crippen LogP contribution < -0.4 is 5.73 Å². The van der Waals surface area contributed by atoms with Gasteiger partial charge in [-0.15, -0.1) is 0 Å². The van der Waals surface area contributed by atoms with Crippen molar-refractivity contribution >= 4 is 44.2 Å². The molecule has 0 aliphatic heterocycles. The lowest BCUT2D eigenvalue weighted by Gasteiger charge is -2.27. The molecule has 0 aromatic carbocycles. The van der Waals surface area contributed by atoms with Gasteiger partial charge in [0.15, 0.2) is 0 Å². The predicted octanol–water partition coefficient (Wildman–Crippen LogP) is 3.65. The second kappa shape index (κ2) is 7.04.